The SMILES string of the molecule is COc1ccc(/C=N\Nc2ccc([N+](=O)[O-])cc2S(=O)(=O)Nc2ccccc2Cl)cc1. The summed E-state index contributed by atoms with van der Waals surface area (Å²) in [6.45, 7) is 0. The summed E-state index contributed by atoms with van der Waals surface area (Å²) >= 11 is 6.03. The Morgan fingerprint density at radius 3 is 2.42 bits per heavy atom. The Balaban J connectivity index is 1.92. The molecule has 0 aliphatic carbocycles. The smallest absolute Gasteiger partial charge is 0.270 e. The molecule has 160 valence electrons. The zero-order chi connectivity index (χ0) is 22.4. The highest BCUT2D eigenvalue weighted by atomic mass is 35.5. The molecule has 0 amide bonds. The average Bonchev–Trinajstić information content (AvgIpc) is 2.75. The maximum Gasteiger partial charge on any atom is 0.270 e. The number of non-ortho nitro benzene ring substituents is 1. The van der Waals surface area contributed by atoms with Gasteiger partial charge in [0.15, 0.2) is 0 Å². The van der Waals surface area contributed by atoms with Gasteiger partial charge in [0.05, 0.1) is 34.6 Å². The largest absolute Gasteiger partial charge is 0.497 e. The lowest BCUT2D eigenvalue weighted by molar-refractivity contribution is -0.385. The van der Waals surface area contributed by atoms with Crippen LogP contribution < -0.4 is 14.9 Å². The molecule has 2 N–H and O–H groups in total. The van der Waals surface area contributed by atoms with E-state index in [-0.39, 0.29) is 27.0 Å². The Morgan fingerprint density at radius 2 is 1.77 bits per heavy atom. The predicted octanol–water partition coefficient (Wildman–Crippen LogP) is 4.50. The second-order valence-electron chi connectivity index (χ2n) is 6.17. The summed E-state index contributed by atoms with van der Waals surface area (Å²) in [7, 11) is -2.66. The normalized spacial score (nSPS) is 11.3. The van der Waals surface area contributed by atoms with Crippen molar-refractivity contribution in [2.75, 3.05) is 17.3 Å². The van der Waals surface area contributed by atoms with Gasteiger partial charge in [0.25, 0.3) is 15.7 Å². The van der Waals surface area contributed by atoms with Gasteiger partial charge in [0.1, 0.15) is 10.6 Å². The molecule has 0 saturated heterocycles. The maximum absolute atomic E-state index is 13.0. The summed E-state index contributed by atoms with van der Waals surface area (Å²) in [6, 6.07) is 16.7. The summed E-state index contributed by atoms with van der Waals surface area (Å²) in [5.74, 6) is 0.680. The Hall–Kier alpha value is -3.63. The molecule has 0 heterocycles. The van der Waals surface area contributed by atoms with Crippen molar-refractivity contribution >= 4 is 44.9 Å². The van der Waals surface area contributed by atoms with Crippen LogP contribution in [0.5, 0.6) is 5.75 Å². The third kappa shape index (κ3) is 5.50. The first-order valence-corrected chi connectivity index (χ1v) is 10.7. The third-order valence-electron chi connectivity index (χ3n) is 4.10. The van der Waals surface area contributed by atoms with Crippen molar-refractivity contribution in [2.45, 2.75) is 4.90 Å². The summed E-state index contributed by atoms with van der Waals surface area (Å²) < 4.78 is 33.3. The second-order valence-corrected chi connectivity index (χ2v) is 8.22. The number of halogens is 1. The minimum Gasteiger partial charge on any atom is -0.497 e. The number of para-hydroxylation sites is 1. The van der Waals surface area contributed by atoms with E-state index in [2.05, 4.69) is 15.2 Å². The molecule has 0 aromatic heterocycles. The molecule has 11 heteroatoms. The van der Waals surface area contributed by atoms with Crippen LogP contribution in [0.15, 0.2) is 76.7 Å². The molecule has 0 aliphatic heterocycles. The van der Waals surface area contributed by atoms with E-state index in [1.165, 1.54) is 30.5 Å². The highest BCUT2D eigenvalue weighted by Crippen LogP contribution is 2.30. The van der Waals surface area contributed by atoms with Crippen molar-refractivity contribution in [3.63, 3.8) is 0 Å². The molecule has 31 heavy (non-hydrogen) atoms. The van der Waals surface area contributed by atoms with Gasteiger partial charge in [-0.1, -0.05) is 23.7 Å². The van der Waals surface area contributed by atoms with Crippen molar-refractivity contribution in [1.29, 1.82) is 0 Å². The number of nitrogens with one attached hydrogen (secondary N) is 2. The summed E-state index contributed by atoms with van der Waals surface area (Å²) in [4.78, 5) is 10.1. The molecule has 3 rings (SSSR count). The number of ether oxygens (including phenoxy) is 1. The fourth-order valence-electron chi connectivity index (χ4n) is 2.55. The monoisotopic (exact) mass is 460 g/mol. The Morgan fingerprint density at radius 1 is 1.06 bits per heavy atom. The molecule has 0 unspecified atom stereocenters. The highest BCUT2D eigenvalue weighted by molar-refractivity contribution is 7.93. The second kappa shape index (κ2) is 9.45. The number of hydrogen-bond donors (Lipinski definition) is 2. The zero-order valence-electron chi connectivity index (χ0n) is 16.2. The fraction of sp³-hybridized carbons (Fsp3) is 0.0500. The van der Waals surface area contributed by atoms with Crippen molar-refractivity contribution in [2.24, 2.45) is 5.10 Å². The molecular weight excluding hydrogens is 444 g/mol. The van der Waals surface area contributed by atoms with E-state index in [0.29, 0.717) is 5.75 Å². The highest BCUT2D eigenvalue weighted by Gasteiger charge is 2.23. The standard InChI is InChI=1S/C20H17ClN4O5S/c1-30-16-9-6-14(7-10-16)13-22-23-19-11-8-15(25(26)27)12-20(19)31(28,29)24-18-5-3-2-4-17(18)21/h2-13,23-24H,1H3/b22-13-. The Bertz CT molecular complexity index is 1230. The number of anilines is 2. The Labute approximate surface area is 183 Å². The first kappa shape index (κ1) is 22.1. The molecule has 0 bridgehead atoms. The van der Waals surface area contributed by atoms with E-state index in [1.807, 2.05) is 0 Å². The minimum absolute atomic E-state index is 0.0508. The number of hydrazone groups is 1. The van der Waals surface area contributed by atoms with Crippen LogP contribution in [0.4, 0.5) is 17.1 Å². The average molecular weight is 461 g/mol. The molecule has 0 atom stereocenters. The van der Waals surface area contributed by atoms with Crippen molar-refractivity contribution in [3.05, 3.63) is 87.4 Å². The minimum atomic E-state index is -4.22. The van der Waals surface area contributed by atoms with Gasteiger partial charge in [-0.25, -0.2) is 8.42 Å². The Kier molecular flexibility index (Phi) is 6.73. The summed E-state index contributed by atoms with van der Waals surface area (Å²) in [5.41, 5.74) is 3.16. The molecule has 0 spiro atoms. The number of sulfonamides is 1. The van der Waals surface area contributed by atoms with Gasteiger partial charge >= 0.3 is 0 Å². The first-order valence-electron chi connectivity index (χ1n) is 8.79. The van der Waals surface area contributed by atoms with Crippen molar-refractivity contribution in [1.82, 2.24) is 0 Å². The quantitative estimate of drug-likeness (QED) is 0.290. The van der Waals surface area contributed by atoms with E-state index in [4.69, 9.17) is 16.3 Å². The first-order chi connectivity index (χ1) is 14.8. The van der Waals surface area contributed by atoms with Gasteiger partial charge in [-0.3, -0.25) is 20.3 Å². The third-order valence-corrected chi connectivity index (χ3v) is 5.83. The topological polar surface area (TPSA) is 123 Å². The van der Waals surface area contributed by atoms with E-state index in [0.717, 1.165) is 11.6 Å². The number of hydrogen-bond acceptors (Lipinski definition) is 7. The number of nitro groups is 1. The number of benzene rings is 3. The van der Waals surface area contributed by atoms with Crippen molar-refractivity contribution < 1.29 is 18.1 Å². The molecule has 0 fully saturated rings. The lowest BCUT2D eigenvalue weighted by Crippen LogP contribution is -2.15. The molecule has 0 aliphatic rings. The van der Waals surface area contributed by atoms with E-state index in [9.17, 15) is 18.5 Å². The van der Waals surface area contributed by atoms with E-state index in [1.54, 1.807) is 43.5 Å². The number of nitrogens with zero attached hydrogens (tertiary/aromatic N) is 2. The van der Waals surface area contributed by atoms with Crippen LogP contribution in [-0.2, 0) is 10.0 Å². The molecule has 3 aromatic carbocycles. The van der Waals surface area contributed by atoms with Gasteiger partial charge < -0.3 is 4.74 Å². The van der Waals surface area contributed by atoms with Gasteiger partial charge in [-0.2, -0.15) is 5.10 Å². The van der Waals surface area contributed by atoms with Crippen molar-refractivity contribution in [3.8, 4) is 5.75 Å². The van der Waals surface area contributed by atoms with Gasteiger partial charge in [-0.15, -0.1) is 0 Å². The zero-order valence-corrected chi connectivity index (χ0v) is 17.7. The van der Waals surface area contributed by atoms with Crippen LogP contribution in [0, 0.1) is 10.1 Å². The molecule has 0 radical (unpaired) electrons. The summed E-state index contributed by atoms with van der Waals surface area (Å²) in [5, 5.41) is 15.4. The van der Waals surface area contributed by atoms with Gasteiger partial charge in [-0.05, 0) is 48.0 Å². The van der Waals surface area contributed by atoms with E-state index >= 15 is 0 Å². The fourth-order valence-corrected chi connectivity index (χ4v) is 4.04. The molecule has 3 aromatic rings. The van der Waals surface area contributed by atoms with Crippen LogP contribution >= 0.6 is 11.6 Å². The lowest BCUT2D eigenvalue weighted by Gasteiger charge is -2.12. The number of rotatable bonds is 8. The lowest BCUT2D eigenvalue weighted by atomic mass is 10.2. The molecular formula is C20H17ClN4O5S. The number of methoxy groups -OCH3 is 1. The van der Waals surface area contributed by atoms with Crippen LogP contribution in [0.1, 0.15) is 5.56 Å². The van der Waals surface area contributed by atoms with Crippen LogP contribution in [0.3, 0.4) is 0 Å². The molecule has 9 nitrogen and oxygen atoms in total. The van der Waals surface area contributed by atoms with Crippen LogP contribution in [0.2, 0.25) is 5.02 Å². The van der Waals surface area contributed by atoms with Gasteiger partial charge in [0.2, 0.25) is 0 Å². The van der Waals surface area contributed by atoms with Crippen LogP contribution in [0.25, 0.3) is 0 Å². The summed E-state index contributed by atoms with van der Waals surface area (Å²) in [6.07, 6.45) is 1.47. The van der Waals surface area contributed by atoms with Gasteiger partial charge in [0, 0.05) is 12.1 Å². The molecule has 0 saturated carbocycles. The maximum atomic E-state index is 13.0. The van der Waals surface area contributed by atoms with Crippen LogP contribution in [-0.4, -0.2) is 26.7 Å². The number of nitro benzene ring substituents is 1. The predicted molar refractivity (Wildman–Crippen MR) is 120 cm³/mol. The van der Waals surface area contributed by atoms with E-state index < -0.39 is 14.9 Å².